The largest absolute Gasteiger partial charge is 0.354 e. The van der Waals surface area contributed by atoms with Crippen molar-refractivity contribution in [1.82, 2.24) is 5.32 Å². The van der Waals surface area contributed by atoms with Crippen LogP contribution in [0.4, 0.5) is 0 Å². The summed E-state index contributed by atoms with van der Waals surface area (Å²) in [6.45, 7) is 3.37. The summed E-state index contributed by atoms with van der Waals surface area (Å²) in [6.07, 6.45) is 7.52. The van der Waals surface area contributed by atoms with Crippen LogP contribution in [0, 0.1) is 5.41 Å². The van der Waals surface area contributed by atoms with Gasteiger partial charge in [0.1, 0.15) is 0 Å². The second kappa shape index (κ2) is 6.50. The highest BCUT2D eigenvalue weighted by Gasteiger charge is 2.37. The van der Waals surface area contributed by atoms with Crippen molar-refractivity contribution in [3.05, 3.63) is 0 Å². The molecule has 1 rings (SSSR count). The number of thioether (sulfide) groups is 1. The molecule has 0 aromatic heterocycles. The second-order valence-electron chi connectivity index (χ2n) is 4.80. The van der Waals surface area contributed by atoms with Gasteiger partial charge in [-0.2, -0.15) is 11.8 Å². The van der Waals surface area contributed by atoms with Crippen molar-refractivity contribution in [3.63, 3.8) is 0 Å². The molecule has 3 N–H and O–H groups in total. The molecule has 94 valence electrons. The molecule has 1 atom stereocenters. The molecule has 1 unspecified atom stereocenters. The molecule has 1 amide bonds. The van der Waals surface area contributed by atoms with Gasteiger partial charge in [0, 0.05) is 18.3 Å². The Labute approximate surface area is 103 Å². The van der Waals surface area contributed by atoms with Gasteiger partial charge in [0.15, 0.2) is 0 Å². The van der Waals surface area contributed by atoms with Crippen LogP contribution < -0.4 is 11.1 Å². The van der Waals surface area contributed by atoms with Crippen molar-refractivity contribution in [2.45, 2.75) is 44.3 Å². The highest BCUT2D eigenvalue weighted by molar-refractivity contribution is 7.99. The first-order valence-corrected chi connectivity index (χ1v) is 7.44. The van der Waals surface area contributed by atoms with Crippen molar-refractivity contribution in [2.24, 2.45) is 11.1 Å². The zero-order valence-electron chi connectivity index (χ0n) is 10.4. The van der Waals surface area contributed by atoms with Crippen molar-refractivity contribution < 1.29 is 4.79 Å². The highest BCUT2D eigenvalue weighted by Crippen LogP contribution is 2.35. The lowest BCUT2D eigenvalue weighted by Gasteiger charge is -2.34. The van der Waals surface area contributed by atoms with E-state index in [2.05, 4.69) is 18.5 Å². The lowest BCUT2D eigenvalue weighted by molar-refractivity contribution is -0.132. The van der Waals surface area contributed by atoms with Gasteiger partial charge in [0.05, 0.1) is 5.41 Å². The number of rotatable bonds is 5. The molecule has 0 aliphatic heterocycles. The third-order valence-corrected chi connectivity index (χ3v) is 4.61. The highest BCUT2D eigenvalue weighted by atomic mass is 32.2. The van der Waals surface area contributed by atoms with Crippen molar-refractivity contribution in [1.29, 1.82) is 0 Å². The van der Waals surface area contributed by atoms with Crippen molar-refractivity contribution in [3.8, 4) is 0 Å². The van der Waals surface area contributed by atoms with Crippen LogP contribution in [-0.2, 0) is 4.79 Å². The van der Waals surface area contributed by atoms with E-state index in [0.29, 0.717) is 11.8 Å². The lowest BCUT2D eigenvalue weighted by atomic mass is 9.73. The molecule has 1 aliphatic rings. The molecular weight excluding hydrogens is 220 g/mol. The number of nitrogens with two attached hydrogens (primary N) is 1. The Hall–Kier alpha value is -0.220. The molecule has 4 heteroatoms. The Bertz CT molecular complexity index is 227. The predicted molar refractivity (Wildman–Crippen MR) is 70.6 cm³/mol. The van der Waals surface area contributed by atoms with Gasteiger partial charge < -0.3 is 11.1 Å². The Morgan fingerprint density at radius 3 is 2.56 bits per heavy atom. The van der Waals surface area contributed by atoms with Gasteiger partial charge >= 0.3 is 0 Å². The quantitative estimate of drug-likeness (QED) is 0.775. The predicted octanol–water partition coefficient (Wildman–Crippen LogP) is 1.76. The molecule has 0 spiro atoms. The molecule has 1 aliphatic carbocycles. The summed E-state index contributed by atoms with van der Waals surface area (Å²) in [5.41, 5.74) is 5.54. The zero-order valence-corrected chi connectivity index (χ0v) is 11.2. The van der Waals surface area contributed by atoms with Gasteiger partial charge in [-0.1, -0.05) is 26.2 Å². The summed E-state index contributed by atoms with van der Waals surface area (Å²) in [7, 11) is 0. The van der Waals surface area contributed by atoms with Crippen LogP contribution in [0.5, 0.6) is 0 Å². The molecule has 0 saturated heterocycles. The molecule has 16 heavy (non-hydrogen) atoms. The number of hydrogen-bond acceptors (Lipinski definition) is 3. The van der Waals surface area contributed by atoms with E-state index in [1.165, 1.54) is 6.42 Å². The number of carbonyl (C=O) groups is 1. The van der Waals surface area contributed by atoms with Gasteiger partial charge in [0.2, 0.25) is 5.91 Å². The summed E-state index contributed by atoms with van der Waals surface area (Å²) in [5, 5.41) is 3.53. The number of hydrogen-bond donors (Lipinski definition) is 2. The number of carbonyl (C=O) groups excluding carboxylic acids is 1. The van der Waals surface area contributed by atoms with E-state index >= 15 is 0 Å². The maximum Gasteiger partial charge on any atom is 0.227 e. The Kier molecular flexibility index (Phi) is 5.62. The van der Waals surface area contributed by atoms with E-state index in [9.17, 15) is 4.79 Å². The van der Waals surface area contributed by atoms with Crippen LogP contribution in [0.15, 0.2) is 0 Å². The van der Waals surface area contributed by atoms with Gasteiger partial charge in [-0.05, 0) is 19.1 Å². The van der Waals surface area contributed by atoms with Crippen LogP contribution in [-0.4, -0.2) is 30.5 Å². The third-order valence-electron chi connectivity index (χ3n) is 3.64. The Morgan fingerprint density at radius 2 is 2.06 bits per heavy atom. The first kappa shape index (κ1) is 13.8. The van der Waals surface area contributed by atoms with Crippen LogP contribution in [0.3, 0.4) is 0 Å². The fourth-order valence-electron chi connectivity index (χ4n) is 2.26. The van der Waals surface area contributed by atoms with Gasteiger partial charge in [-0.15, -0.1) is 0 Å². The molecule has 3 nitrogen and oxygen atoms in total. The molecule has 0 radical (unpaired) electrons. The summed E-state index contributed by atoms with van der Waals surface area (Å²) in [4.78, 5) is 12.2. The van der Waals surface area contributed by atoms with Crippen molar-refractivity contribution in [2.75, 3.05) is 19.3 Å². The topological polar surface area (TPSA) is 55.1 Å². The van der Waals surface area contributed by atoms with Gasteiger partial charge in [-0.25, -0.2) is 0 Å². The normalized spacial score (nSPS) is 21.4. The van der Waals surface area contributed by atoms with E-state index in [4.69, 9.17) is 5.73 Å². The summed E-state index contributed by atoms with van der Waals surface area (Å²) in [6, 6.07) is 0. The van der Waals surface area contributed by atoms with Gasteiger partial charge in [-0.3, -0.25) is 4.79 Å². The van der Waals surface area contributed by atoms with Crippen LogP contribution in [0.25, 0.3) is 0 Å². The summed E-state index contributed by atoms with van der Waals surface area (Å²) in [5.74, 6) is 0.176. The maximum absolute atomic E-state index is 12.2. The van der Waals surface area contributed by atoms with Crippen LogP contribution in [0.1, 0.15) is 39.0 Å². The van der Waals surface area contributed by atoms with Crippen LogP contribution >= 0.6 is 11.8 Å². The minimum atomic E-state index is -0.267. The summed E-state index contributed by atoms with van der Waals surface area (Å²) >= 11 is 1.77. The molecule has 0 bridgehead atoms. The third kappa shape index (κ3) is 3.39. The molecule has 0 aromatic rings. The standard InChI is InChI=1S/C12H24N2OS/c1-10(16-2)8-14-11(15)12(9-13)6-4-3-5-7-12/h10H,3-9,13H2,1-2H3,(H,14,15). The van der Waals surface area contributed by atoms with Gasteiger partial charge in [0.25, 0.3) is 0 Å². The minimum absolute atomic E-state index is 0.176. The smallest absolute Gasteiger partial charge is 0.227 e. The Morgan fingerprint density at radius 1 is 1.44 bits per heavy atom. The van der Waals surface area contributed by atoms with E-state index in [1.807, 2.05) is 0 Å². The van der Waals surface area contributed by atoms with Crippen LogP contribution in [0.2, 0.25) is 0 Å². The average Bonchev–Trinajstić information content (AvgIpc) is 2.36. The fraction of sp³-hybridized carbons (Fsp3) is 0.917. The monoisotopic (exact) mass is 244 g/mol. The zero-order chi connectivity index (χ0) is 12.0. The van der Waals surface area contributed by atoms with E-state index in [1.54, 1.807) is 11.8 Å². The summed E-state index contributed by atoms with van der Waals surface area (Å²) < 4.78 is 0. The lowest BCUT2D eigenvalue weighted by Crippen LogP contribution is -2.48. The SMILES string of the molecule is CSC(C)CNC(=O)C1(CN)CCCCC1. The molecule has 1 saturated carbocycles. The average molecular weight is 244 g/mol. The number of amides is 1. The first-order chi connectivity index (χ1) is 7.64. The number of nitrogens with one attached hydrogen (secondary N) is 1. The fourth-order valence-corrected chi connectivity index (χ4v) is 2.51. The first-order valence-electron chi connectivity index (χ1n) is 6.16. The molecular formula is C12H24N2OS. The minimum Gasteiger partial charge on any atom is -0.354 e. The van der Waals surface area contributed by atoms with E-state index in [-0.39, 0.29) is 11.3 Å². The van der Waals surface area contributed by atoms with E-state index in [0.717, 1.165) is 32.2 Å². The molecule has 1 fully saturated rings. The van der Waals surface area contributed by atoms with E-state index < -0.39 is 0 Å². The Balaban J connectivity index is 2.48. The second-order valence-corrected chi connectivity index (χ2v) is 6.08. The maximum atomic E-state index is 12.2. The van der Waals surface area contributed by atoms with Crippen molar-refractivity contribution >= 4 is 17.7 Å². The molecule has 0 heterocycles. The molecule has 0 aromatic carbocycles.